The van der Waals surface area contributed by atoms with Crippen molar-refractivity contribution in [3.63, 3.8) is 0 Å². The number of hydrogen-bond acceptors (Lipinski definition) is 2. The number of benzene rings is 2. The number of aromatic nitrogens is 1. The van der Waals surface area contributed by atoms with E-state index in [9.17, 15) is 9.59 Å². The minimum Gasteiger partial charge on any atom is -0.334 e. The maximum Gasteiger partial charge on any atom is 0.244 e. The van der Waals surface area contributed by atoms with Gasteiger partial charge < -0.3 is 9.88 Å². The van der Waals surface area contributed by atoms with Gasteiger partial charge in [-0.2, -0.15) is 0 Å². The molecule has 1 amide bonds. The monoisotopic (exact) mass is 398 g/mol. The molecule has 1 heterocycles. The van der Waals surface area contributed by atoms with E-state index in [4.69, 9.17) is 0 Å². The van der Waals surface area contributed by atoms with Gasteiger partial charge >= 0.3 is 0 Å². The minimum absolute atomic E-state index is 0.0496. The number of aryl methyl sites for hydroxylation is 2. The van der Waals surface area contributed by atoms with Crippen molar-refractivity contribution >= 4 is 38.4 Å². The van der Waals surface area contributed by atoms with E-state index in [1.54, 1.807) is 0 Å². The standard InChI is InChI=1S/C20H19BrN2O2/c1-12-4-7-15(8-5-12)22-18(24)11-23-14(3)19(21)20(25)16-10-13(2)6-9-17(16)23/h4-10H,11H2,1-3H3,(H,22,24). The Morgan fingerprint density at radius 1 is 1.04 bits per heavy atom. The molecule has 1 aromatic heterocycles. The second kappa shape index (κ2) is 6.84. The summed E-state index contributed by atoms with van der Waals surface area (Å²) in [5, 5.41) is 3.51. The van der Waals surface area contributed by atoms with E-state index in [2.05, 4.69) is 21.2 Å². The minimum atomic E-state index is -0.135. The highest BCUT2D eigenvalue weighted by atomic mass is 79.9. The van der Waals surface area contributed by atoms with Crippen LogP contribution in [0.4, 0.5) is 5.69 Å². The molecule has 0 aliphatic rings. The molecule has 0 saturated carbocycles. The fourth-order valence-electron chi connectivity index (χ4n) is 2.83. The summed E-state index contributed by atoms with van der Waals surface area (Å²) in [5.74, 6) is -0.135. The summed E-state index contributed by atoms with van der Waals surface area (Å²) in [6.45, 7) is 5.92. The molecule has 1 N–H and O–H groups in total. The van der Waals surface area contributed by atoms with Gasteiger partial charge in [0.05, 0.1) is 9.99 Å². The predicted octanol–water partition coefficient (Wildman–Crippen LogP) is 4.33. The van der Waals surface area contributed by atoms with Gasteiger partial charge in [0, 0.05) is 16.8 Å². The molecule has 0 unspecified atom stereocenters. The fourth-order valence-corrected chi connectivity index (χ4v) is 3.26. The van der Waals surface area contributed by atoms with Crippen LogP contribution in [0.3, 0.4) is 0 Å². The average Bonchev–Trinajstić information content (AvgIpc) is 2.59. The number of nitrogens with zero attached hydrogens (tertiary/aromatic N) is 1. The summed E-state index contributed by atoms with van der Waals surface area (Å²) in [7, 11) is 0. The maximum absolute atomic E-state index is 12.5. The van der Waals surface area contributed by atoms with Crippen molar-refractivity contribution in [2.45, 2.75) is 27.3 Å². The van der Waals surface area contributed by atoms with Gasteiger partial charge in [0.1, 0.15) is 6.54 Å². The van der Waals surface area contributed by atoms with Crippen LogP contribution in [0.2, 0.25) is 0 Å². The van der Waals surface area contributed by atoms with E-state index in [0.717, 1.165) is 28.0 Å². The molecule has 2 aromatic carbocycles. The van der Waals surface area contributed by atoms with Crippen molar-refractivity contribution in [2.75, 3.05) is 5.32 Å². The van der Waals surface area contributed by atoms with Crippen LogP contribution < -0.4 is 10.7 Å². The topological polar surface area (TPSA) is 51.1 Å². The van der Waals surface area contributed by atoms with E-state index in [1.807, 2.05) is 67.8 Å². The quantitative estimate of drug-likeness (QED) is 0.713. The number of nitrogens with one attached hydrogen (secondary N) is 1. The third kappa shape index (κ3) is 3.51. The highest BCUT2D eigenvalue weighted by Crippen LogP contribution is 2.21. The lowest BCUT2D eigenvalue weighted by Gasteiger charge is -2.16. The largest absolute Gasteiger partial charge is 0.334 e. The molecule has 0 atom stereocenters. The van der Waals surface area contributed by atoms with Crippen molar-refractivity contribution in [3.8, 4) is 0 Å². The van der Waals surface area contributed by atoms with E-state index < -0.39 is 0 Å². The molecule has 4 nitrogen and oxygen atoms in total. The third-order valence-electron chi connectivity index (χ3n) is 4.25. The van der Waals surface area contributed by atoms with E-state index in [0.29, 0.717) is 9.86 Å². The number of amides is 1. The first-order chi connectivity index (χ1) is 11.9. The smallest absolute Gasteiger partial charge is 0.244 e. The number of fused-ring (bicyclic) bond motifs is 1. The third-order valence-corrected chi connectivity index (χ3v) is 5.18. The Balaban J connectivity index is 1.99. The van der Waals surface area contributed by atoms with Gasteiger partial charge in [-0.1, -0.05) is 29.3 Å². The van der Waals surface area contributed by atoms with Crippen molar-refractivity contribution in [3.05, 3.63) is 74.0 Å². The number of hydrogen-bond donors (Lipinski definition) is 1. The highest BCUT2D eigenvalue weighted by Gasteiger charge is 2.14. The number of carbonyl (C=O) groups is 1. The van der Waals surface area contributed by atoms with Crippen LogP contribution in [0.25, 0.3) is 10.9 Å². The van der Waals surface area contributed by atoms with Gasteiger partial charge in [-0.15, -0.1) is 0 Å². The predicted molar refractivity (Wildman–Crippen MR) is 105 cm³/mol. The Hall–Kier alpha value is -2.40. The summed E-state index contributed by atoms with van der Waals surface area (Å²) >= 11 is 3.38. The van der Waals surface area contributed by atoms with E-state index >= 15 is 0 Å². The molecule has 0 bridgehead atoms. The van der Waals surface area contributed by atoms with Crippen LogP contribution in [0.5, 0.6) is 0 Å². The molecular weight excluding hydrogens is 380 g/mol. The van der Waals surface area contributed by atoms with Crippen LogP contribution in [-0.2, 0) is 11.3 Å². The molecule has 25 heavy (non-hydrogen) atoms. The zero-order chi connectivity index (χ0) is 18.1. The molecule has 0 aliphatic carbocycles. The first-order valence-electron chi connectivity index (χ1n) is 8.02. The van der Waals surface area contributed by atoms with Crippen LogP contribution in [-0.4, -0.2) is 10.5 Å². The Morgan fingerprint density at radius 2 is 1.68 bits per heavy atom. The molecule has 0 saturated heterocycles. The summed E-state index contributed by atoms with van der Waals surface area (Å²) in [6.07, 6.45) is 0. The van der Waals surface area contributed by atoms with Gasteiger partial charge in [0.25, 0.3) is 0 Å². The van der Waals surface area contributed by atoms with E-state index in [1.165, 1.54) is 0 Å². The van der Waals surface area contributed by atoms with Crippen LogP contribution in [0, 0.1) is 20.8 Å². The second-order valence-corrected chi connectivity index (χ2v) is 7.04. The van der Waals surface area contributed by atoms with Crippen LogP contribution >= 0.6 is 15.9 Å². The Bertz CT molecular complexity index is 1020. The SMILES string of the molecule is Cc1ccc(NC(=O)Cn2c(C)c(Br)c(=O)c3cc(C)ccc32)cc1. The summed E-state index contributed by atoms with van der Waals surface area (Å²) < 4.78 is 2.36. The molecule has 0 fully saturated rings. The lowest BCUT2D eigenvalue weighted by molar-refractivity contribution is -0.116. The van der Waals surface area contributed by atoms with Crippen molar-refractivity contribution in [1.82, 2.24) is 4.57 Å². The van der Waals surface area contributed by atoms with Gasteiger partial charge in [0.15, 0.2) is 0 Å². The summed E-state index contributed by atoms with van der Waals surface area (Å²) in [6, 6.07) is 13.4. The molecule has 3 aromatic rings. The Morgan fingerprint density at radius 3 is 2.36 bits per heavy atom. The number of pyridine rings is 1. The fraction of sp³-hybridized carbons (Fsp3) is 0.200. The second-order valence-electron chi connectivity index (χ2n) is 6.25. The molecule has 5 heteroatoms. The normalized spacial score (nSPS) is 10.9. The zero-order valence-corrected chi connectivity index (χ0v) is 16.0. The summed E-state index contributed by atoms with van der Waals surface area (Å²) in [5.41, 5.74) is 4.35. The Labute approximate surface area is 154 Å². The van der Waals surface area contributed by atoms with Crippen molar-refractivity contribution in [2.24, 2.45) is 0 Å². The van der Waals surface area contributed by atoms with Crippen LogP contribution in [0.15, 0.2) is 51.7 Å². The van der Waals surface area contributed by atoms with E-state index in [-0.39, 0.29) is 17.9 Å². The number of carbonyl (C=O) groups excluding carboxylic acids is 1. The summed E-state index contributed by atoms with van der Waals surface area (Å²) in [4.78, 5) is 25.0. The zero-order valence-electron chi connectivity index (χ0n) is 14.4. The molecule has 3 rings (SSSR count). The van der Waals surface area contributed by atoms with Crippen molar-refractivity contribution < 1.29 is 4.79 Å². The van der Waals surface area contributed by atoms with Gasteiger partial charge in [0.2, 0.25) is 11.3 Å². The maximum atomic E-state index is 12.5. The molecule has 0 aliphatic heterocycles. The van der Waals surface area contributed by atoms with Gasteiger partial charge in [-0.05, 0) is 61.0 Å². The molecule has 0 radical (unpaired) electrons. The van der Waals surface area contributed by atoms with Crippen LogP contribution in [0.1, 0.15) is 16.8 Å². The highest BCUT2D eigenvalue weighted by molar-refractivity contribution is 9.10. The lowest BCUT2D eigenvalue weighted by atomic mass is 10.1. The first-order valence-corrected chi connectivity index (χ1v) is 8.82. The average molecular weight is 399 g/mol. The molecular formula is C20H19BrN2O2. The lowest BCUT2D eigenvalue weighted by Crippen LogP contribution is -2.23. The molecule has 0 spiro atoms. The van der Waals surface area contributed by atoms with Gasteiger partial charge in [-0.25, -0.2) is 0 Å². The molecule has 128 valence electrons. The number of rotatable bonds is 3. The van der Waals surface area contributed by atoms with Gasteiger partial charge in [-0.3, -0.25) is 9.59 Å². The van der Waals surface area contributed by atoms with Crippen molar-refractivity contribution in [1.29, 1.82) is 0 Å². The number of halogens is 1. The number of anilines is 1. The first kappa shape index (κ1) is 17.4. The Kier molecular flexibility index (Phi) is 4.77.